The molecule has 0 amide bonds. The lowest BCUT2D eigenvalue weighted by Gasteiger charge is -2.21. The zero-order valence-electron chi connectivity index (χ0n) is 16.9. The highest BCUT2D eigenvalue weighted by Gasteiger charge is 2.13. The van der Waals surface area contributed by atoms with Crippen LogP contribution in [0.4, 0.5) is 11.4 Å². The lowest BCUT2D eigenvalue weighted by atomic mass is 10.2. The molecular formula is C22H24N4O3S. The number of benzene rings is 2. The first kappa shape index (κ1) is 21.5. The van der Waals surface area contributed by atoms with E-state index in [0.29, 0.717) is 17.9 Å². The number of aliphatic hydroxyl groups excluding tert-OH is 1. The predicted molar refractivity (Wildman–Crippen MR) is 122 cm³/mol. The Kier molecular flexibility index (Phi) is 6.81. The van der Waals surface area contributed by atoms with Crippen molar-refractivity contribution in [3.05, 3.63) is 74.8 Å². The summed E-state index contributed by atoms with van der Waals surface area (Å²) in [5, 5.41) is 19.9. The fraction of sp³-hybridized carbons (Fsp3) is 0.227. The summed E-state index contributed by atoms with van der Waals surface area (Å²) in [6, 6.07) is 14.9. The van der Waals surface area contributed by atoms with Gasteiger partial charge in [0.1, 0.15) is 5.56 Å². The van der Waals surface area contributed by atoms with Gasteiger partial charge in [0.2, 0.25) is 5.88 Å². The topological polar surface area (TPSA) is 93.8 Å². The normalized spacial score (nSPS) is 11.2. The summed E-state index contributed by atoms with van der Waals surface area (Å²) in [5.41, 5.74) is 2.69. The number of aromatic amines is 1. The summed E-state index contributed by atoms with van der Waals surface area (Å²) in [6.07, 6.45) is 1.33. The average molecular weight is 425 g/mol. The number of nitrogens with one attached hydrogen (secondary N) is 1. The van der Waals surface area contributed by atoms with Crippen molar-refractivity contribution in [2.75, 3.05) is 24.6 Å². The van der Waals surface area contributed by atoms with Crippen LogP contribution in [0.5, 0.6) is 5.88 Å². The number of likely N-dealkylation sites (N-methyl/N-ethyl adjacent to an activating group) is 1. The molecule has 2 aromatic carbocycles. The molecule has 3 rings (SSSR count). The van der Waals surface area contributed by atoms with Gasteiger partial charge in [-0.25, -0.2) is 0 Å². The summed E-state index contributed by atoms with van der Waals surface area (Å²) in [5.74, 6) is -0.265. The quantitative estimate of drug-likeness (QED) is 0.399. The monoisotopic (exact) mass is 424 g/mol. The summed E-state index contributed by atoms with van der Waals surface area (Å²) in [4.78, 5) is 21.4. The van der Waals surface area contributed by atoms with E-state index in [9.17, 15) is 9.90 Å². The fourth-order valence-electron chi connectivity index (χ4n) is 3.17. The van der Waals surface area contributed by atoms with Crippen molar-refractivity contribution in [3.63, 3.8) is 0 Å². The lowest BCUT2D eigenvalue weighted by molar-refractivity contribution is 0.302. The highest BCUT2D eigenvalue weighted by molar-refractivity contribution is 7.71. The van der Waals surface area contributed by atoms with Gasteiger partial charge in [0.05, 0.1) is 18.0 Å². The smallest absolute Gasteiger partial charge is 0.264 e. The summed E-state index contributed by atoms with van der Waals surface area (Å²) in [7, 11) is 0. The Morgan fingerprint density at radius 3 is 2.53 bits per heavy atom. The minimum atomic E-state index is -0.511. The Morgan fingerprint density at radius 1 is 1.20 bits per heavy atom. The van der Waals surface area contributed by atoms with E-state index in [4.69, 9.17) is 17.3 Å². The van der Waals surface area contributed by atoms with Crippen LogP contribution in [0, 0.1) is 11.7 Å². The molecule has 0 fully saturated rings. The standard InChI is InChI=1S/C22H24N4O3S/c1-3-25(12-13-27)17-10-8-16(9-11-17)23-14-18-20(28)24-22(30)26(21(18)29)19-7-5-4-6-15(19)2/h4-11,14,27,29H,3,12-13H2,1-2H3,(H,24,28,30). The Balaban J connectivity index is 1.96. The minimum absolute atomic E-state index is 0.0198. The van der Waals surface area contributed by atoms with E-state index in [1.54, 1.807) is 0 Å². The molecule has 7 nitrogen and oxygen atoms in total. The molecule has 0 saturated heterocycles. The number of hydrogen-bond acceptors (Lipinski definition) is 6. The summed E-state index contributed by atoms with van der Waals surface area (Å²) < 4.78 is 1.53. The second kappa shape index (κ2) is 9.51. The molecule has 0 spiro atoms. The number of aryl methyl sites for hydroxylation is 1. The maximum atomic E-state index is 12.4. The number of aromatic hydroxyl groups is 1. The number of H-pyrrole nitrogens is 1. The number of aliphatic imine (C=N–C) groups is 1. The molecule has 0 saturated carbocycles. The van der Waals surface area contributed by atoms with Crippen molar-refractivity contribution in [2.45, 2.75) is 13.8 Å². The van der Waals surface area contributed by atoms with Gasteiger partial charge in [0, 0.05) is 25.0 Å². The predicted octanol–water partition coefficient (Wildman–Crippen LogP) is 3.48. The van der Waals surface area contributed by atoms with Gasteiger partial charge in [-0.15, -0.1) is 0 Å². The molecule has 0 unspecified atom stereocenters. The minimum Gasteiger partial charge on any atom is -0.494 e. The lowest BCUT2D eigenvalue weighted by Crippen LogP contribution is -2.25. The van der Waals surface area contributed by atoms with E-state index in [1.807, 2.05) is 67.3 Å². The number of hydrogen-bond donors (Lipinski definition) is 3. The van der Waals surface area contributed by atoms with E-state index in [0.717, 1.165) is 17.8 Å². The van der Waals surface area contributed by atoms with E-state index >= 15 is 0 Å². The molecule has 0 atom stereocenters. The molecule has 1 aromatic heterocycles. The Bertz CT molecular complexity index is 1170. The van der Waals surface area contributed by atoms with Crippen molar-refractivity contribution >= 4 is 29.8 Å². The summed E-state index contributed by atoms with van der Waals surface area (Å²) in [6.45, 7) is 5.32. The largest absolute Gasteiger partial charge is 0.494 e. The summed E-state index contributed by atoms with van der Waals surface area (Å²) >= 11 is 5.26. The van der Waals surface area contributed by atoms with Gasteiger partial charge in [-0.2, -0.15) is 0 Å². The number of para-hydroxylation sites is 1. The maximum Gasteiger partial charge on any atom is 0.264 e. The van der Waals surface area contributed by atoms with Gasteiger partial charge < -0.3 is 15.1 Å². The third-order valence-corrected chi connectivity index (χ3v) is 5.07. The van der Waals surface area contributed by atoms with Crippen LogP contribution in [0.1, 0.15) is 18.1 Å². The second-order valence-electron chi connectivity index (χ2n) is 6.70. The first-order chi connectivity index (χ1) is 14.5. The Hall–Kier alpha value is -3.23. The van der Waals surface area contributed by atoms with Gasteiger partial charge >= 0.3 is 0 Å². The van der Waals surface area contributed by atoms with E-state index in [-0.39, 0.29) is 22.8 Å². The molecule has 1 heterocycles. The van der Waals surface area contributed by atoms with Crippen LogP contribution in [0.25, 0.3) is 5.69 Å². The second-order valence-corrected chi connectivity index (χ2v) is 7.08. The van der Waals surface area contributed by atoms with Crippen LogP contribution in [-0.2, 0) is 0 Å². The number of nitrogens with zero attached hydrogens (tertiary/aromatic N) is 3. The molecule has 3 N–H and O–H groups in total. The van der Waals surface area contributed by atoms with Crippen LogP contribution in [0.2, 0.25) is 0 Å². The molecular weight excluding hydrogens is 400 g/mol. The third kappa shape index (κ3) is 4.50. The molecule has 156 valence electrons. The molecule has 0 bridgehead atoms. The van der Waals surface area contributed by atoms with Crippen LogP contribution in [-0.4, -0.2) is 45.7 Å². The van der Waals surface area contributed by atoms with E-state index < -0.39 is 5.56 Å². The fourth-order valence-corrected chi connectivity index (χ4v) is 3.45. The zero-order chi connectivity index (χ0) is 21.7. The highest BCUT2D eigenvalue weighted by Crippen LogP contribution is 2.23. The highest BCUT2D eigenvalue weighted by atomic mass is 32.1. The van der Waals surface area contributed by atoms with Crippen molar-refractivity contribution < 1.29 is 10.2 Å². The Labute approximate surface area is 179 Å². The van der Waals surface area contributed by atoms with Crippen molar-refractivity contribution in [2.24, 2.45) is 4.99 Å². The van der Waals surface area contributed by atoms with Gasteiger partial charge in [-0.3, -0.25) is 19.3 Å². The molecule has 3 aromatic rings. The van der Waals surface area contributed by atoms with Gasteiger partial charge in [-0.05, 0) is 62.0 Å². The first-order valence-electron chi connectivity index (χ1n) is 9.60. The van der Waals surface area contributed by atoms with Gasteiger partial charge in [-0.1, -0.05) is 18.2 Å². The number of aromatic nitrogens is 2. The van der Waals surface area contributed by atoms with Crippen molar-refractivity contribution in [1.29, 1.82) is 0 Å². The van der Waals surface area contributed by atoms with Gasteiger partial charge in [0.25, 0.3) is 5.56 Å². The van der Waals surface area contributed by atoms with Crippen LogP contribution >= 0.6 is 12.2 Å². The van der Waals surface area contributed by atoms with Crippen molar-refractivity contribution in [3.8, 4) is 11.6 Å². The van der Waals surface area contributed by atoms with E-state index in [2.05, 4.69) is 9.98 Å². The van der Waals surface area contributed by atoms with Crippen molar-refractivity contribution in [1.82, 2.24) is 9.55 Å². The van der Waals surface area contributed by atoms with Crippen LogP contribution in [0.3, 0.4) is 0 Å². The number of anilines is 1. The van der Waals surface area contributed by atoms with Crippen LogP contribution < -0.4 is 10.5 Å². The van der Waals surface area contributed by atoms with E-state index in [1.165, 1.54) is 10.8 Å². The Morgan fingerprint density at radius 2 is 1.90 bits per heavy atom. The molecule has 30 heavy (non-hydrogen) atoms. The molecule has 0 aliphatic rings. The first-order valence-corrected chi connectivity index (χ1v) is 10.0. The average Bonchev–Trinajstić information content (AvgIpc) is 2.73. The molecule has 0 aliphatic carbocycles. The van der Waals surface area contributed by atoms with Gasteiger partial charge in [0.15, 0.2) is 4.77 Å². The molecule has 8 heteroatoms. The SMILES string of the molecule is CCN(CCO)c1ccc(N=Cc2c(O)n(-c3ccccc3C)c(=S)[nH]c2=O)cc1. The molecule has 0 aliphatic heterocycles. The zero-order valence-corrected chi connectivity index (χ0v) is 17.7. The number of aliphatic hydroxyl groups is 1. The molecule has 0 radical (unpaired) electrons. The third-order valence-electron chi connectivity index (χ3n) is 4.79. The van der Waals surface area contributed by atoms with Crippen LogP contribution in [0.15, 0.2) is 58.3 Å². The number of rotatable bonds is 7. The maximum absolute atomic E-state index is 12.4.